The maximum Gasteiger partial charge on any atom is 0.326 e. The predicted molar refractivity (Wildman–Crippen MR) is 85.9 cm³/mol. The monoisotopic (exact) mass is 302 g/mol. The van der Waals surface area contributed by atoms with Crippen molar-refractivity contribution < 1.29 is 5.11 Å². The first kappa shape index (κ1) is 13.8. The molecule has 1 aliphatic heterocycles. The quantitative estimate of drug-likeness (QED) is 0.745. The molecule has 118 valence electrons. The number of aliphatic hydroxyl groups is 1. The number of hydrogen-bond acceptors (Lipinski definition) is 4. The lowest BCUT2D eigenvalue weighted by molar-refractivity contribution is 0.181. The van der Waals surface area contributed by atoms with E-state index >= 15 is 0 Å². The van der Waals surface area contributed by atoms with Crippen molar-refractivity contribution in [3.63, 3.8) is 0 Å². The number of nitrogens with zero attached hydrogens (tertiary/aromatic N) is 2. The van der Waals surface area contributed by atoms with Crippen LogP contribution in [-0.2, 0) is 13.1 Å². The van der Waals surface area contributed by atoms with E-state index in [4.69, 9.17) is 0 Å². The molecule has 0 unspecified atom stereocenters. The van der Waals surface area contributed by atoms with Crippen molar-refractivity contribution >= 4 is 16.7 Å². The lowest BCUT2D eigenvalue weighted by Gasteiger charge is -2.27. The average molecular weight is 302 g/mol. The summed E-state index contributed by atoms with van der Waals surface area (Å²) in [5, 5.41) is 12.3. The van der Waals surface area contributed by atoms with Crippen LogP contribution in [0.5, 0.6) is 0 Å². The van der Waals surface area contributed by atoms with Crippen molar-refractivity contribution in [2.45, 2.75) is 38.9 Å². The van der Waals surface area contributed by atoms with Gasteiger partial charge in [0.1, 0.15) is 6.73 Å². The highest BCUT2D eigenvalue weighted by atomic mass is 16.3. The minimum Gasteiger partial charge on any atom is -0.377 e. The molecule has 1 atom stereocenters. The second-order valence-corrected chi connectivity index (χ2v) is 6.59. The fourth-order valence-electron chi connectivity index (χ4n) is 3.53. The summed E-state index contributed by atoms with van der Waals surface area (Å²) in [5.74, 6) is 0.812. The third-order valence-corrected chi connectivity index (χ3v) is 4.93. The molecule has 22 heavy (non-hydrogen) atoms. The van der Waals surface area contributed by atoms with E-state index in [0.717, 1.165) is 41.3 Å². The highest BCUT2D eigenvalue weighted by Gasteiger charge is 2.30. The Morgan fingerprint density at radius 2 is 2.23 bits per heavy atom. The Morgan fingerprint density at radius 3 is 2.95 bits per heavy atom. The van der Waals surface area contributed by atoms with E-state index in [1.54, 1.807) is 0 Å². The zero-order chi connectivity index (χ0) is 15.3. The summed E-state index contributed by atoms with van der Waals surface area (Å²) in [6.07, 6.45) is 2.64. The highest BCUT2D eigenvalue weighted by Crippen LogP contribution is 2.34. The van der Waals surface area contributed by atoms with Crippen molar-refractivity contribution in [3.05, 3.63) is 28.2 Å². The van der Waals surface area contributed by atoms with Gasteiger partial charge in [0.05, 0.1) is 11.0 Å². The topological polar surface area (TPSA) is 73.3 Å². The van der Waals surface area contributed by atoms with Crippen LogP contribution < -0.4 is 11.0 Å². The number of aliphatic hydroxyl groups excluding tert-OH is 1. The fraction of sp³-hybridized carbons (Fsp3) is 0.562. The van der Waals surface area contributed by atoms with Gasteiger partial charge >= 0.3 is 5.69 Å². The molecule has 0 bridgehead atoms. The lowest BCUT2D eigenvalue weighted by atomic mass is 10.1. The zero-order valence-electron chi connectivity index (χ0n) is 12.8. The summed E-state index contributed by atoms with van der Waals surface area (Å²) < 4.78 is 1.85. The molecule has 1 saturated carbocycles. The maximum absolute atomic E-state index is 12.3. The largest absolute Gasteiger partial charge is 0.377 e. The molecule has 6 heteroatoms. The number of hydrogen-bond donors (Lipinski definition) is 3. The number of H-pyrrole nitrogens is 1. The molecule has 1 aliphatic carbocycles. The van der Waals surface area contributed by atoms with E-state index in [1.165, 1.54) is 12.8 Å². The summed E-state index contributed by atoms with van der Waals surface area (Å²) in [6.45, 7) is 4.71. The van der Waals surface area contributed by atoms with Crippen LogP contribution in [0, 0.1) is 5.92 Å². The Hall–Kier alpha value is -1.79. The van der Waals surface area contributed by atoms with Crippen LogP contribution in [0.4, 0.5) is 5.69 Å². The summed E-state index contributed by atoms with van der Waals surface area (Å²) in [5.41, 5.74) is 3.84. The minimum atomic E-state index is -0.106. The van der Waals surface area contributed by atoms with Crippen LogP contribution in [0.3, 0.4) is 0 Å². The van der Waals surface area contributed by atoms with Gasteiger partial charge in [-0.2, -0.15) is 0 Å². The molecule has 6 nitrogen and oxygen atoms in total. The van der Waals surface area contributed by atoms with Crippen molar-refractivity contribution in [2.24, 2.45) is 5.92 Å². The van der Waals surface area contributed by atoms with Gasteiger partial charge in [0.25, 0.3) is 0 Å². The van der Waals surface area contributed by atoms with Crippen LogP contribution in [0.25, 0.3) is 11.0 Å². The highest BCUT2D eigenvalue weighted by molar-refractivity contribution is 5.85. The van der Waals surface area contributed by atoms with Crippen LogP contribution in [0.1, 0.15) is 25.3 Å². The van der Waals surface area contributed by atoms with Gasteiger partial charge in [0, 0.05) is 36.9 Å². The van der Waals surface area contributed by atoms with Crippen molar-refractivity contribution in [3.8, 4) is 0 Å². The molecule has 1 aromatic carbocycles. The van der Waals surface area contributed by atoms with Gasteiger partial charge in [-0.25, -0.2) is 4.79 Å². The van der Waals surface area contributed by atoms with Gasteiger partial charge in [-0.15, -0.1) is 0 Å². The normalized spacial score (nSPS) is 22.0. The van der Waals surface area contributed by atoms with Gasteiger partial charge < -0.3 is 15.4 Å². The van der Waals surface area contributed by atoms with E-state index < -0.39 is 0 Å². The van der Waals surface area contributed by atoms with E-state index in [2.05, 4.69) is 22.1 Å². The minimum absolute atomic E-state index is 0.0440. The van der Waals surface area contributed by atoms with E-state index in [0.29, 0.717) is 12.6 Å². The third kappa shape index (κ3) is 2.23. The SMILES string of the molecule is C[C@H]1Cn2c(=O)[nH]c3ccc(NCO)c(c32)CN1CC1CC1. The molecule has 2 aromatic rings. The first-order chi connectivity index (χ1) is 10.7. The molecule has 3 N–H and O–H groups in total. The number of aromatic amines is 1. The fourth-order valence-corrected chi connectivity index (χ4v) is 3.53. The van der Waals surface area contributed by atoms with Crippen LogP contribution >= 0.6 is 0 Å². The molecule has 2 aliphatic rings. The molecule has 0 amide bonds. The molecule has 0 radical (unpaired) electrons. The molecule has 1 aromatic heterocycles. The second-order valence-electron chi connectivity index (χ2n) is 6.59. The summed E-state index contributed by atoms with van der Waals surface area (Å²) in [4.78, 5) is 17.7. The number of anilines is 1. The molecular weight excluding hydrogens is 280 g/mol. The Labute approximate surface area is 128 Å². The number of benzene rings is 1. The zero-order valence-corrected chi connectivity index (χ0v) is 12.8. The molecule has 4 rings (SSSR count). The Bertz CT molecular complexity index is 759. The second kappa shape index (κ2) is 5.14. The maximum atomic E-state index is 12.3. The Kier molecular flexibility index (Phi) is 3.23. The third-order valence-electron chi connectivity index (χ3n) is 4.93. The van der Waals surface area contributed by atoms with Crippen LogP contribution in [0.2, 0.25) is 0 Å². The van der Waals surface area contributed by atoms with Crippen molar-refractivity contribution in [1.29, 1.82) is 0 Å². The first-order valence-electron chi connectivity index (χ1n) is 8.00. The molecule has 0 spiro atoms. The van der Waals surface area contributed by atoms with Gasteiger partial charge in [0.15, 0.2) is 0 Å². The first-order valence-corrected chi connectivity index (χ1v) is 8.00. The average Bonchev–Trinajstić information content (AvgIpc) is 3.26. The van der Waals surface area contributed by atoms with Gasteiger partial charge in [-0.1, -0.05) is 0 Å². The van der Waals surface area contributed by atoms with Gasteiger partial charge in [-0.3, -0.25) is 9.47 Å². The van der Waals surface area contributed by atoms with E-state index in [-0.39, 0.29) is 12.4 Å². The Morgan fingerprint density at radius 1 is 1.41 bits per heavy atom. The molecule has 1 fully saturated rings. The smallest absolute Gasteiger partial charge is 0.326 e. The molecule has 2 heterocycles. The van der Waals surface area contributed by atoms with Crippen LogP contribution in [-0.4, -0.2) is 38.9 Å². The van der Waals surface area contributed by atoms with Crippen molar-refractivity contribution in [1.82, 2.24) is 14.5 Å². The predicted octanol–water partition coefficient (Wildman–Crippen LogP) is 1.31. The van der Waals surface area contributed by atoms with Crippen molar-refractivity contribution in [2.75, 3.05) is 18.6 Å². The van der Waals surface area contributed by atoms with Crippen LogP contribution in [0.15, 0.2) is 16.9 Å². The summed E-state index contributed by atoms with van der Waals surface area (Å²) in [7, 11) is 0. The standard InChI is InChI=1S/C16H22N4O2/c1-10-6-20-15-12(8-19(10)7-11-2-3-11)13(17-9-21)4-5-14(15)18-16(20)22/h4-5,10-11,17,21H,2-3,6-9H2,1H3,(H,18,22)/t10-/m0/s1. The molecule has 0 saturated heterocycles. The Balaban J connectivity index is 1.85. The molecular formula is C16H22N4O2. The number of imidazole rings is 1. The number of rotatable bonds is 4. The number of nitrogens with one attached hydrogen (secondary N) is 2. The van der Waals surface area contributed by atoms with E-state index in [9.17, 15) is 9.90 Å². The van der Waals surface area contributed by atoms with E-state index in [1.807, 2.05) is 16.7 Å². The number of aromatic nitrogens is 2. The lowest BCUT2D eigenvalue weighted by Crippen LogP contribution is -2.37. The summed E-state index contributed by atoms with van der Waals surface area (Å²) in [6, 6.07) is 4.18. The van der Waals surface area contributed by atoms with Gasteiger partial charge in [0.2, 0.25) is 0 Å². The van der Waals surface area contributed by atoms with Gasteiger partial charge in [-0.05, 0) is 37.8 Å². The summed E-state index contributed by atoms with van der Waals surface area (Å²) >= 11 is 0.